The molecule has 0 spiro atoms. The van der Waals surface area contributed by atoms with Crippen molar-refractivity contribution in [2.75, 3.05) is 13.2 Å². The van der Waals surface area contributed by atoms with Crippen LogP contribution in [0.3, 0.4) is 0 Å². The van der Waals surface area contributed by atoms with Crippen molar-refractivity contribution < 1.29 is 4.74 Å². The van der Waals surface area contributed by atoms with Gasteiger partial charge in [0.2, 0.25) is 0 Å². The summed E-state index contributed by atoms with van der Waals surface area (Å²) >= 11 is 0. The Bertz CT molecular complexity index is 365. The van der Waals surface area contributed by atoms with Gasteiger partial charge < -0.3 is 10.5 Å². The summed E-state index contributed by atoms with van der Waals surface area (Å²) in [6.45, 7) is 6.81. The standard InChI is InChI=1S/C14H23N3O/c1-4-7-12(14(16)17-10-9-15)11-13(8-5-2)18-6-3/h4,7-8,10-11,16H,5-6,9,15H2,1-3H3/b7-4-,12-11+,13-8-,16-14?,17-10?. The molecule has 4 nitrogen and oxygen atoms in total. The predicted molar refractivity (Wildman–Crippen MR) is 78.2 cm³/mol. The highest BCUT2D eigenvalue weighted by Gasteiger charge is 2.01. The molecule has 0 aromatic rings. The van der Waals surface area contributed by atoms with Crippen LogP contribution in [-0.4, -0.2) is 25.2 Å². The summed E-state index contributed by atoms with van der Waals surface area (Å²) in [4.78, 5) is 3.97. The van der Waals surface area contributed by atoms with Gasteiger partial charge in [-0.3, -0.25) is 5.41 Å². The fraction of sp³-hybridized carbons (Fsp3) is 0.429. The topological polar surface area (TPSA) is 71.5 Å². The zero-order chi connectivity index (χ0) is 13.8. The van der Waals surface area contributed by atoms with Gasteiger partial charge in [-0.05, 0) is 32.4 Å². The predicted octanol–water partition coefficient (Wildman–Crippen LogP) is 2.83. The summed E-state index contributed by atoms with van der Waals surface area (Å²) < 4.78 is 5.49. The average Bonchev–Trinajstić information content (AvgIpc) is 2.36. The number of nitrogens with two attached hydrogens (primary N) is 1. The molecule has 0 saturated carbocycles. The summed E-state index contributed by atoms with van der Waals surface area (Å²) in [6, 6.07) is 0. The van der Waals surface area contributed by atoms with E-state index in [0.717, 1.165) is 12.2 Å². The second-order valence-electron chi connectivity index (χ2n) is 3.44. The van der Waals surface area contributed by atoms with Gasteiger partial charge in [0, 0.05) is 18.3 Å². The highest BCUT2D eigenvalue weighted by molar-refractivity contribution is 6.03. The second kappa shape index (κ2) is 10.5. The van der Waals surface area contributed by atoms with Gasteiger partial charge in [-0.1, -0.05) is 19.1 Å². The summed E-state index contributed by atoms with van der Waals surface area (Å²) in [7, 11) is 0. The van der Waals surface area contributed by atoms with Gasteiger partial charge in [-0.25, -0.2) is 4.99 Å². The van der Waals surface area contributed by atoms with Crippen molar-refractivity contribution in [3.63, 3.8) is 0 Å². The quantitative estimate of drug-likeness (QED) is 0.315. The molecule has 0 aromatic carbocycles. The van der Waals surface area contributed by atoms with E-state index in [1.165, 1.54) is 6.21 Å². The highest BCUT2D eigenvalue weighted by Crippen LogP contribution is 2.09. The monoisotopic (exact) mass is 249 g/mol. The van der Waals surface area contributed by atoms with Gasteiger partial charge in [0.1, 0.15) is 5.76 Å². The van der Waals surface area contributed by atoms with Gasteiger partial charge in [0.05, 0.1) is 6.61 Å². The highest BCUT2D eigenvalue weighted by atomic mass is 16.5. The van der Waals surface area contributed by atoms with E-state index in [9.17, 15) is 0 Å². The number of ether oxygens (including phenoxy) is 1. The van der Waals surface area contributed by atoms with Crippen LogP contribution in [0.2, 0.25) is 0 Å². The molecule has 0 atom stereocenters. The Morgan fingerprint density at radius 1 is 1.39 bits per heavy atom. The molecule has 0 unspecified atom stereocenters. The maximum absolute atomic E-state index is 7.85. The lowest BCUT2D eigenvalue weighted by molar-refractivity contribution is 0.241. The van der Waals surface area contributed by atoms with E-state index in [1.807, 2.05) is 45.1 Å². The van der Waals surface area contributed by atoms with E-state index in [-0.39, 0.29) is 5.84 Å². The van der Waals surface area contributed by atoms with E-state index in [4.69, 9.17) is 15.9 Å². The van der Waals surface area contributed by atoms with Crippen LogP contribution in [0.25, 0.3) is 0 Å². The van der Waals surface area contributed by atoms with E-state index in [1.54, 1.807) is 0 Å². The van der Waals surface area contributed by atoms with E-state index in [2.05, 4.69) is 4.99 Å². The van der Waals surface area contributed by atoms with Crippen LogP contribution in [0.1, 0.15) is 27.2 Å². The Morgan fingerprint density at radius 3 is 2.61 bits per heavy atom. The number of nitrogens with zero attached hydrogens (tertiary/aromatic N) is 1. The molecule has 0 saturated heterocycles. The van der Waals surface area contributed by atoms with Gasteiger partial charge in [-0.2, -0.15) is 0 Å². The second-order valence-corrected chi connectivity index (χ2v) is 3.44. The molecule has 100 valence electrons. The molecular weight excluding hydrogens is 226 g/mol. The third-order valence-electron chi connectivity index (χ3n) is 1.96. The lowest BCUT2D eigenvalue weighted by Gasteiger charge is -2.06. The first kappa shape index (κ1) is 16.3. The van der Waals surface area contributed by atoms with Crippen molar-refractivity contribution in [2.24, 2.45) is 10.7 Å². The van der Waals surface area contributed by atoms with Crippen LogP contribution >= 0.6 is 0 Å². The van der Waals surface area contributed by atoms with Crippen LogP contribution in [0.5, 0.6) is 0 Å². The normalized spacial score (nSPS) is 13.6. The number of hydrogen-bond acceptors (Lipinski definition) is 3. The van der Waals surface area contributed by atoms with Crippen molar-refractivity contribution in [1.82, 2.24) is 0 Å². The zero-order valence-corrected chi connectivity index (χ0v) is 11.4. The number of allylic oxidation sites excluding steroid dienone is 3. The van der Waals surface area contributed by atoms with Crippen molar-refractivity contribution in [3.05, 3.63) is 35.6 Å². The molecule has 0 radical (unpaired) electrons. The van der Waals surface area contributed by atoms with Crippen molar-refractivity contribution >= 4 is 12.1 Å². The largest absolute Gasteiger partial charge is 0.494 e. The van der Waals surface area contributed by atoms with Crippen molar-refractivity contribution in [3.8, 4) is 0 Å². The molecule has 0 aliphatic heterocycles. The van der Waals surface area contributed by atoms with E-state index < -0.39 is 0 Å². The number of nitrogens with one attached hydrogen (secondary N) is 1. The molecule has 0 aliphatic carbocycles. The minimum absolute atomic E-state index is 0.181. The van der Waals surface area contributed by atoms with Crippen LogP contribution in [0.4, 0.5) is 0 Å². The first-order valence-electron chi connectivity index (χ1n) is 6.18. The fourth-order valence-corrected chi connectivity index (χ4v) is 1.27. The first-order chi connectivity index (χ1) is 8.69. The number of aliphatic imine (C=N–C) groups is 1. The third-order valence-corrected chi connectivity index (χ3v) is 1.96. The van der Waals surface area contributed by atoms with Crippen LogP contribution in [-0.2, 0) is 4.74 Å². The summed E-state index contributed by atoms with van der Waals surface area (Å²) in [6.07, 6.45) is 9.90. The maximum Gasteiger partial charge on any atom is 0.151 e. The zero-order valence-electron chi connectivity index (χ0n) is 11.4. The summed E-state index contributed by atoms with van der Waals surface area (Å²) in [5, 5.41) is 7.85. The van der Waals surface area contributed by atoms with Crippen LogP contribution in [0, 0.1) is 5.41 Å². The Morgan fingerprint density at radius 2 is 2.11 bits per heavy atom. The lowest BCUT2D eigenvalue weighted by atomic mass is 10.2. The maximum atomic E-state index is 7.85. The van der Waals surface area contributed by atoms with Crippen LogP contribution in [0.15, 0.2) is 40.6 Å². The third kappa shape index (κ3) is 6.81. The fourth-order valence-electron chi connectivity index (χ4n) is 1.27. The van der Waals surface area contributed by atoms with Gasteiger partial charge >= 0.3 is 0 Å². The Kier molecular flexibility index (Phi) is 9.50. The number of hydrogen-bond donors (Lipinski definition) is 2. The SMILES string of the molecule is C\C=C/C(=C\C(=C\CC)OCC)C(=N)N=CCN. The molecule has 0 rings (SSSR count). The molecule has 0 bridgehead atoms. The Hall–Kier alpha value is -1.68. The van der Waals surface area contributed by atoms with E-state index >= 15 is 0 Å². The molecule has 18 heavy (non-hydrogen) atoms. The molecule has 0 aliphatic rings. The lowest BCUT2D eigenvalue weighted by Crippen LogP contribution is -2.04. The Balaban J connectivity index is 5.12. The minimum atomic E-state index is 0.181. The number of amidine groups is 1. The summed E-state index contributed by atoms with van der Waals surface area (Å²) in [5.41, 5.74) is 6.03. The van der Waals surface area contributed by atoms with Gasteiger partial charge in [0.15, 0.2) is 5.84 Å². The molecule has 0 heterocycles. The molecule has 0 fully saturated rings. The molecule has 3 N–H and O–H groups in total. The smallest absolute Gasteiger partial charge is 0.151 e. The van der Waals surface area contributed by atoms with Gasteiger partial charge in [0.25, 0.3) is 0 Å². The average molecular weight is 249 g/mol. The summed E-state index contributed by atoms with van der Waals surface area (Å²) in [5.74, 6) is 0.945. The number of rotatable bonds is 7. The van der Waals surface area contributed by atoms with E-state index in [0.29, 0.717) is 18.7 Å². The molecular formula is C14H23N3O. The minimum Gasteiger partial charge on any atom is -0.494 e. The van der Waals surface area contributed by atoms with Crippen LogP contribution < -0.4 is 5.73 Å². The molecule has 0 amide bonds. The van der Waals surface area contributed by atoms with Crippen molar-refractivity contribution in [2.45, 2.75) is 27.2 Å². The molecule has 4 heteroatoms. The molecule has 0 aromatic heterocycles. The van der Waals surface area contributed by atoms with Crippen molar-refractivity contribution in [1.29, 1.82) is 5.41 Å². The van der Waals surface area contributed by atoms with Gasteiger partial charge in [-0.15, -0.1) is 0 Å². The Labute approximate surface area is 109 Å². The first-order valence-corrected chi connectivity index (χ1v) is 6.18.